The third-order valence-corrected chi connectivity index (χ3v) is 4.29. The number of thioether (sulfide) groups is 1. The van der Waals surface area contributed by atoms with E-state index >= 15 is 0 Å². The van der Waals surface area contributed by atoms with Crippen LogP contribution in [0, 0.1) is 5.92 Å². The summed E-state index contributed by atoms with van der Waals surface area (Å²) in [5.41, 5.74) is 4.43. The predicted molar refractivity (Wildman–Crippen MR) is 65.9 cm³/mol. The Morgan fingerprint density at radius 1 is 1.40 bits per heavy atom. The molecule has 0 aromatic heterocycles. The molecule has 15 heavy (non-hydrogen) atoms. The van der Waals surface area contributed by atoms with E-state index in [0.717, 1.165) is 5.75 Å². The first-order valence-corrected chi connectivity index (χ1v) is 6.40. The van der Waals surface area contributed by atoms with Gasteiger partial charge in [-0.2, -0.15) is 0 Å². The van der Waals surface area contributed by atoms with Crippen LogP contribution in [0.5, 0.6) is 0 Å². The van der Waals surface area contributed by atoms with E-state index in [-0.39, 0.29) is 0 Å². The molecule has 2 rings (SSSR count). The molecule has 3 heteroatoms. The van der Waals surface area contributed by atoms with Gasteiger partial charge in [-0.15, -0.1) is 11.8 Å². The second-order valence-electron chi connectivity index (χ2n) is 4.39. The molecule has 2 nitrogen and oxygen atoms in total. The van der Waals surface area contributed by atoms with Gasteiger partial charge in [0.15, 0.2) is 0 Å². The van der Waals surface area contributed by atoms with Crippen LogP contribution in [0.2, 0.25) is 0 Å². The molecule has 0 saturated heterocycles. The molecule has 1 aromatic carbocycles. The van der Waals surface area contributed by atoms with E-state index in [0.29, 0.717) is 17.9 Å². The fraction of sp³-hybridized carbons (Fsp3) is 0.500. The molecule has 0 radical (unpaired) electrons. The van der Waals surface area contributed by atoms with Crippen molar-refractivity contribution in [1.82, 2.24) is 5.43 Å². The van der Waals surface area contributed by atoms with Gasteiger partial charge in [0.1, 0.15) is 0 Å². The molecule has 82 valence electrons. The Balaban J connectivity index is 2.26. The van der Waals surface area contributed by atoms with Crippen molar-refractivity contribution in [3.63, 3.8) is 0 Å². The second-order valence-corrected chi connectivity index (χ2v) is 5.45. The molecule has 2 atom stereocenters. The van der Waals surface area contributed by atoms with Crippen molar-refractivity contribution in [2.24, 2.45) is 11.8 Å². The van der Waals surface area contributed by atoms with E-state index in [2.05, 4.69) is 43.5 Å². The molecule has 0 aliphatic carbocycles. The molecule has 1 aliphatic heterocycles. The lowest BCUT2D eigenvalue weighted by atomic mass is 9.87. The zero-order chi connectivity index (χ0) is 10.8. The van der Waals surface area contributed by atoms with E-state index in [1.165, 1.54) is 10.5 Å². The molecule has 3 N–H and O–H groups in total. The van der Waals surface area contributed by atoms with Crippen LogP contribution in [0.15, 0.2) is 29.2 Å². The Labute approximate surface area is 95.6 Å². The largest absolute Gasteiger partial charge is 0.271 e. The van der Waals surface area contributed by atoms with Crippen molar-refractivity contribution in [2.75, 3.05) is 5.75 Å². The summed E-state index contributed by atoms with van der Waals surface area (Å²) in [5.74, 6) is 7.91. The first kappa shape index (κ1) is 11.0. The Morgan fingerprint density at radius 2 is 2.13 bits per heavy atom. The quantitative estimate of drug-likeness (QED) is 0.609. The summed E-state index contributed by atoms with van der Waals surface area (Å²) in [6, 6.07) is 9.03. The van der Waals surface area contributed by atoms with Crippen LogP contribution in [0.4, 0.5) is 0 Å². The highest BCUT2D eigenvalue weighted by Crippen LogP contribution is 2.42. The maximum absolute atomic E-state index is 5.65. The smallest absolute Gasteiger partial charge is 0.0310 e. The van der Waals surface area contributed by atoms with Crippen molar-refractivity contribution in [3.8, 4) is 0 Å². The lowest BCUT2D eigenvalue weighted by Gasteiger charge is -2.26. The summed E-state index contributed by atoms with van der Waals surface area (Å²) in [4.78, 5) is 1.42. The number of benzene rings is 1. The van der Waals surface area contributed by atoms with Gasteiger partial charge in [0, 0.05) is 22.6 Å². The summed E-state index contributed by atoms with van der Waals surface area (Å²) in [7, 11) is 0. The standard InChI is InChI=1S/C12H18N2S/c1-8(2)12(14-13)10-7-15-11-6-4-3-5-9(10)11/h3-6,8,10,12,14H,7,13H2,1-2H3. The Bertz CT molecular complexity index is 338. The van der Waals surface area contributed by atoms with Gasteiger partial charge in [0.2, 0.25) is 0 Å². The molecule has 0 fully saturated rings. The molecule has 2 unspecified atom stereocenters. The highest BCUT2D eigenvalue weighted by atomic mass is 32.2. The Hall–Kier alpha value is -0.510. The van der Waals surface area contributed by atoms with Crippen molar-refractivity contribution in [3.05, 3.63) is 29.8 Å². The van der Waals surface area contributed by atoms with E-state index in [9.17, 15) is 0 Å². The minimum Gasteiger partial charge on any atom is -0.271 e. The van der Waals surface area contributed by atoms with Crippen molar-refractivity contribution in [1.29, 1.82) is 0 Å². The molecule has 1 aromatic rings. The van der Waals surface area contributed by atoms with Crippen LogP contribution in [0.3, 0.4) is 0 Å². The van der Waals surface area contributed by atoms with Gasteiger partial charge in [-0.25, -0.2) is 0 Å². The fourth-order valence-corrected chi connectivity index (χ4v) is 3.56. The number of nitrogens with one attached hydrogen (secondary N) is 1. The van der Waals surface area contributed by atoms with E-state index in [1.54, 1.807) is 0 Å². The summed E-state index contributed by atoms with van der Waals surface area (Å²) in [5, 5.41) is 0. The Kier molecular flexibility index (Phi) is 3.34. The lowest BCUT2D eigenvalue weighted by Crippen LogP contribution is -2.43. The van der Waals surface area contributed by atoms with E-state index < -0.39 is 0 Å². The van der Waals surface area contributed by atoms with Crippen molar-refractivity contribution >= 4 is 11.8 Å². The lowest BCUT2D eigenvalue weighted by molar-refractivity contribution is 0.363. The second kappa shape index (κ2) is 4.56. The number of hydrogen-bond donors (Lipinski definition) is 2. The van der Waals surface area contributed by atoms with E-state index in [1.807, 2.05) is 11.8 Å². The highest BCUT2D eigenvalue weighted by Gasteiger charge is 2.31. The van der Waals surface area contributed by atoms with Crippen LogP contribution in [0.25, 0.3) is 0 Å². The van der Waals surface area contributed by atoms with Gasteiger partial charge in [-0.1, -0.05) is 32.0 Å². The minimum atomic E-state index is 0.376. The van der Waals surface area contributed by atoms with Crippen molar-refractivity contribution < 1.29 is 0 Å². The molecular weight excluding hydrogens is 204 g/mol. The molecule has 0 spiro atoms. The number of rotatable bonds is 3. The summed E-state index contributed by atoms with van der Waals surface area (Å²) < 4.78 is 0. The molecule has 1 aliphatic rings. The fourth-order valence-electron chi connectivity index (χ4n) is 2.26. The monoisotopic (exact) mass is 222 g/mol. The average molecular weight is 222 g/mol. The molecular formula is C12H18N2S. The van der Waals surface area contributed by atoms with Gasteiger partial charge >= 0.3 is 0 Å². The van der Waals surface area contributed by atoms with Crippen LogP contribution in [0.1, 0.15) is 25.3 Å². The first-order chi connectivity index (χ1) is 7.24. The molecule has 0 bridgehead atoms. The van der Waals surface area contributed by atoms with Crippen LogP contribution in [-0.4, -0.2) is 11.8 Å². The molecule has 0 amide bonds. The predicted octanol–water partition coefficient (Wildman–Crippen LogP) is 2.36. The minimum absolute atomic E-state index is 0.376. The maximum Gasteiger partial charge on any atom is 0.0310 e. The van der Waals surface area contributed by atoms with Gasteiger partial charge in [0.25, 0.3) is 0 Å². The number of hydrazine groups is 1. The normalized spacial score (nSPS) is 21.7. The Morgan fingerprint density at radius 3 is 2.80 bits per heavy atom. The zero-order valence-electron chi connectivity index (χ0n) is 9.23. The van der Waals surface area contributed by atoms with Gasteiger partial charge < -0.3 is 0 Å². The first-order valence-electron chi connectivity index (χ1n) is 5.42. The number of nitrogens with two attached hydrogens (primary N) is 1. The summed E-state index contributed by atoms with van der Waals surface area (Å²) in [6.07, 6.45) is 0. The third-order valence-electron chi connectivity index (χ3n) is 3.08. The number of hydrogen-bond acceptors (Lipinski definition) is 3. The van der Waals surface area contributed by atoms with Crippen LogP contribution < -0.4 is 11.3 Å². The average Bonchev–Trinajstić information content (AvgIpc) is 2.63. The van der Waals surface area contributed by atoms with Gasteiger partial charge in [-0.05, 0) is 17.5 Å². The van der Waals surface area contributed by atoms with Crippen molar-refractivity contribution in [2.45, 2.75) is 30.7 Å². The van der Waals surface area contributed by atoms with Gasteiger partial charge in [-0.3, -0.25) is 11.3 Å². The van der Waals surface area contributed by atoms with E-state index in [4.69, 9.17) is 5.84 Å². The SMILES string of the molecule is CC(C)C(NN)C1CSc2ccccc21. The van der Waals surface area contributed by atoms with Gasteiger partial charge in [0.05, 0.1) is 0 Å². The van der Waals surface area contributed by atoms with Crippen LogP contribution >= 0.6 is 11.8 Å². The maximum atomic E-state index is 5.65. The topological polar surface area (TPSA) is 38.0 Å². The molecule has 0 saturated carbocycles. The molecule has 1 heterocycles. The zero-order valence-corrected chi connectivity index (χ0v) is 10.1. The summed E-state index contributed by atoms with van der Waals surface area (Å²) >= 11 is 1.94. The third kappa shape index (κ3) is 2.05. The summed E-state index contributed by atoms with van der Waals surface area (Å²) in [6.45, 7) is 4.44. The number of fused-ring (bicyclic) bond motifs is 1. The van der Waals surface area contributed by atoms with Crippen LogP contribution in [-0.2, 0) is 0 Å². The highest BCUT2D eigenvalue weighted by molar-refractivity contribution is 7.99.